The number of fused-ring (bicyclic) bond motifs is 3. The highest BCUT2D eigenvalue weighted by atomic mass is 19.4. The number of anilines is 2. The molecule has 3 aromatic carbocycles. The van der Waals surface area contributed by atoms with Gasteiger partial charge in [0.2, 0.25) is 5.91 Å². The van der Waals surface area contributed by atoms with Crippen LogP contribution in [0.4, 0.5) is 29.5 Å². The molecule has 300 valence electrons. The van der Waals surface area contributed by atoms with Gasteiger partial charge in [-0.2, -0.15) is 0 Å². The first-order valence-electron chi connectivity index (χ1n) is 18.9. The van der Waals surface area contributed by atoms with Crippen LogP contribution in [0.2, 0.25) is 0 Å². The number of hydrogen-bond acceptors (Lipinski definition) is 9. The number of amides is 3. The number of likely N-dealkylation sites (tertiary alicyclic amines) is 1. The number of nitrogens with zero attached hydrogens (tertiary/aromatic N) is 4. The average molecular weight is 787 g/mol. The quantitative estimate of drug-likeness (QED) is 0.124. The summed E-state index contributed by atoms with van der Waals surface area (Å²) in [4.78, 5) is 55.8. The number of rotatable bonds is 9. The molecule has 3 amide bonds. The number of ether oxygens (including phenoxy) is 2. The number of piperazine rings is 1. The van der Waals surface area contributed by atoms with Gasteiger partial charge in [-0.3, -0.25) is 9.59 Å². The van der Waals surface area contributed by atoms with E-state index in [2.05, 4.69) is 49.4 Å². The van der Waals surface area contributed by atoms with Gasteiger partial charge >= 0.3 is 12.5 Å². The van der Waals surface area contributed by atoms with Crippen molar-refractivity contribution in [2.75, 3.05) is 43.5 Å². The molecule has 2 aromatic heterocycles. The van der Waals surface area contributed by atoms with Crippen LogP contribution >= 0.6 is 0 Å². The predicted molar refractivity (Wildman–Crippen MR) is 210 cm³/mol. The van der Waals surface area contributed by atoms with Gasteiger partial charge in [0.05, 0.1) is 36.1 Å². The van der Waals surface area contributed by atoms with Crippen LogP contribution in [0.5, 0.6) is 5.75 Å². The van der Waals surface area contributed by atoms with Crippen LogP contribution in [0.25, 0.3) is 32.9 Å². The lowest BCUT2D eigenvalue weighted by atomic mass is 9.98. The van der Waals surface area contributed by atoms with Crippen molar-refractivity contribution in [3.63, 3.8) is 0 Å². The molecule has 4 atom stereocenters. The summed E-state index contributed by atoms with van der Waals surface area (Å²) < 4.78 is 50.5. The van der Waals surface area contributed by atoms with E-state index < -0.39 is 30.2 Å². The number of benzene rings is 3. The molecule has 57 heavy (non-hydrogen) atoms. The molecule has 0 saturated carbocycles. The lowest BCUT2D eigenvalue weighted by molar-refractivity contribution is -0.274. The second-order valence-electron chi connectivity index (χ2n) is 15.1. The zero-order valence-electron chi connectivity index (χ0n) is 32.2. The minimum atomic E-state index is -5.02. The number of carbonyl (C=O) groups is 3. The van der Waals surface area contributed by atoms with Crippen molar-refractivity contribution >= 4 is 51.2 Å². The van der Waals surface area contributed by atoms with Crippen molar-refractivity contribution in [3.05, 3.63) is 78.2 Å². The predicted octanol–water partition coefficient (Wildman–Crippen LogP) is 7.02. The smallest absolute Gasteiger partial charge is 0.453 e. The standard InChI is InChI=1S/C41H45F3N8O5/c1-22(2)35(50-40(55)56-5)39(54)52-21-23(3)16-32(52)37-48-31-12-8-26-17-25(6-11-30(26)36(31)49-37)29-10-7-27(18-33(29)57-41(42,43)44)38(53)47-28-9-13-34(46-20-28)51-15-14-45-19-24(51)4/h6-13,17-18,20,22-24,32,35,45H,14-16,19,21H2,1-5H3,(H,47,53)(H,48,49)(H,50,55)/t23-,24+,32-,35-/m0/s1. The van der Waals surface area contributed by atoms with Crippen LogP contribution in [0.3, 0.4) is 0 Å². The summed E-state index contributed by atoms with van der Waals surface area (Å²) in [6.45, 7) is 10.8. The van der Waals surface area contributed by atoms with Crippen molar-refractivity contribution in [2.45, 2.75) is 58.6 Å². The Morgan fingerprint density at radius 2 is 1.82 bits per heavy atom. The summed E-state index contributed by atoms with van der Waals surface area (Å²) in [5, 5.41) is 10.2. The van der Waals surface area contributed by atoms with E-state index in [0.29, 0.717) is 40.9 Å². The maximum absolute atomic E-state index is 13.8. The van der Waals surface area contributed by atoms with Crippen molar-refractivity contribution in [1.82, 2.24) is 30.5 Å². The molecule has 7 rings (SSSR count). The van der Waals surface area contributed by atoms with Gasteiger partial charge in [-0.25, -0.2) is 14.8 Å². The molecule has 2 saturated heterocycles. The monoisotopic (exact) mass is 786 g/mol. The Bertz CT molecular complexity index is 2300. The number of pyridine rings is 1. The highest BCUT2D eigenvalue weighted by molar-refractivity contribution is 6.07. The number of alkyl halides is 3. The number of halogens is 3. The molecular weight excluding hydrogens is 741 g/mol. The topological polar surface area (TPSA) is 154 Å². The van der Waals surface area contributed by atoms with Gasteiger partial charge in [-0.1, -0.05) is 39.0 Å². The number of hydrogen-bond donors (Lipinski definition) is 4. The number of imidazole rings is 1. The Morgan fingerprint density at radius 3 is 2.53 bits per heavy atom. The average Bonchev–Trinajstić information content (AvgIpc) is 3.80. The summed E-state index contributed by atoms with van der Waals surface area (Å²) in [7, 11) is 1.25. The number of carbonyl (C=O) groups excluding carboxylic acids is 3. The van der Waals surface area contributed by atoms with Crippen molar-refractivity contribution in [3.8, 4) is 16.9 Å². The largest absolute Gasteiger partial charge is 0.573 e. The molecule has 0 radical (unpaired) electrons. The van der Waals surface area contributed by atoms with E-state index in [0.717, 1.165) is 42.4 Å². The third kappa shape index (κ3) is 8.45. The molecule has 0 unspecified atom stereocenters. The summed E-state index contributed by atoms with van der Waals surface area (Å²) >= 11 is 0. The summed E-state index contributed by atoms with van der Waals surface area (Å²) in [6, 6.07) is 15.4. The minimum Gasteiger partial charge on any atom is -0.453 e. The molecule has 5 aromatic rings. The van der Waals surface area contributed by atoms with E-state index in [1.165, 1.54) is 25.4 Å². The maximum atomic E-state index is 13.8. The van der Waals surface area contributed by atoms with Gasteiger partial charge in [0.1, 0.15) is 23.4 Å². The third-order valence-corrected chi connectivity index (χ3v) is 10.6. The fourth-order valence-electron chi connectivity index (χ4n) is 7.70. The second kappa shape index (κ2) is 15.9. The van der Waals surface area contributed by atoms with Gasteiger partial charge in [0, 0.05) is 48.7 Å². The third-order valence-electron chi connectivity index (χ3n) is 10.6. The van der Waals surface area contributed by atoms with Gasteiger partial charge in [0.15, 0.2) is 0 Å². The number of methoxy groups -OCH3 is 1. The number of nitrogens with one attached hydrogen (secondary N) is 4. The molecule has 16 heteroatoms. The summed E-state index contributed by atoms with van der Waals surface area (Å²) in [5.74, 6) is -0.0280. The first-order chi connectivity index (χ1) is 27.2. The van der Waals surface area contributed by atoms with Crippen LogP contribution < -0.4 is 25.6 Å². The van der Waals surface area contributed by atoms with Gasteiger partial charge < -0.3 is 40.2 Å². The van der Waals surface area contributed by atoms with E-state index in [1.807, 2.05) is 26.0 Å². The lowest BCUT2D eigenvalue weighted by Crippen LogP contribution is -2.51. The maximum Gasteiger partial charge on any atom is 0.573 e. The highest BCUT2D eigenvalue weighted by Gasteiger charge is 2.40. The highest BCUT2D eigenvalue weighted by Crippen LogP contribution is 2.39. The molecule has 0 spiro atoms. The van der Waals surface area contributed by atoms with Crippen molar-refractivity contribution in [2.24, 2.45) is 11.8 Å². The fraction of sp³-hybridized carbons (Fsp3) is 0.390. The molecule has 4 heterocycles. The van der Waals surface area contributed by atoms with Gasteiger partial charge in [0.25, 0.3) is 5.91 Å². The Labute approximate surface area is 327 Å². The molecule has 2 fully saturated rings. The lowest BCUT2D eigenvalue weighted by Gasteiger charge is -2.34. The molecule has 2 aliphatic heterocycles. The SMILES string of the molecule is COC(=O)N[C@H](C(=O)N1C[C@@H](C)C[C@H]1c1nc2c(ccc3cc(-c4ccc(C(=O)Nc5ccc(N6CCNC[C@H]6C)nc5)cc4OC(F)(F)F)ccc32)[nH]1)C(C)C. The zero-order valence-corrected chi connectivity index (χ0v) is 32.2. The summed E-state index contributed by atoms with van der Waals surface area (Å²) in [6.07, 6.45) is -3.52. The number of H-pyrrole nitrogens is 1. The van der Waals surface area contributed by atoms with Gasteiger partial charge in [-0.15, -0.1) is 13.2 Å². The van der Waals surface area contributed by atoms with E-state index in [4.69, 9.17) is 9.72 Å². The number of aromatic amines is 1. The first-order valence-corrected chi connectivity index (χ1v) is 18.9. The van der Waals surface area contributed by atoms with Crippen LogP contribution in [-0.4, -0.2) is 89.5 Å². The first kappa shape index (κ1) is 39.3. The van der Waals surface area contributed by atoms with Crippen LogP contribution in [0.15, 0.2) is 66.9 Å². The molecule has 13 nitrogen and oxygen atoms in total. The van der Waals surface area contributed by atoms with Crippen molar-refractivity contribution in [1.29, 1.82) is 0 Å². The van der Waals surface area contributed by atoms with Crippen LogP contribution in [0.1, 0.15) is 56.3 Å². The molecule has 0 aliphatic carbocycles. The normalized spacial score (nSPS) is 19.2. The van der Waals surface area contributed by atoms with Crippen LogP contribution in [0, 0.1) is 11.8 Å². The zero-order chi connectivity index (χ0) is 40.6. The fourth-order valence-corrected chi connectivity index (χ4v) is 7.70. The minimum absolute atomic E-state index is 0.0288. The Hall–Kier alpha value is -5.90. The van der Waals surface area contributed by atoms with Crippen molar-refractivity contribution < 1.29 is 37.0 Å². The Morgan fingerprint density at radius 1 is 1.02 bits per heavy atom. The van der Waals surface area contributed by atoms with E-state index >= 15 is 0 Å². The van der Waals surface area contributed by atoms with E-state index in [9.17, 15) is 27.6 Å². The van der Waals surface area contributed by atoms with Gasteiger partial charge in [-0.05, 0) is 78.6 Å². The molecule has 0 bridgehead atoms. The Kier molecular flexibility index (Phi) is 11.0. The Balaban J connectivity index is 1.15. The summed E-state index contributed by atoms with van der Waals surface area (Å²) in [5.41, 5.74) is 2.30. The van der Waals surface area contributed by atoms with E-state index in [-0.39, 0.29) is 41.0 Å². The van der Waals surface area contributed by atoms with E-state index in [1.54, 1.807) is 35.2 Å². The van der Waals surface area contributed by atoms with Crippen LogP contribution in [-0.2, 0) is 9.53 Å². The molecule has 2 aliphatic rings. The number of alkyl carbamates (subject to hydrolysis) is 1. The molecule has 4 N–H and O–H groups in total. The number of aromatic nitrogens is 3. The molecular formula is C41H45F3N8O5. The second-order valence-corrected chi connectivity index (χ2v) is 15.1.